The van der Waals surface area contributed by atoms with Gasteiger partial charge in [-0.25, -0.2) is 4.99 Å². The fourth-order valence-electron chi connectivity index (χ4n) is 8.11. The molecule has 0 radical (unpaired) electrons. The van der Waals surface area contributed by atoms with Gasteiger partial charge in [0, 0.05) is 37.9 Å². The summed E-state index contributed by atoms with van der Waals surface area (Å²) in [5.74, 6) is 0.629. The number of aliphatic imine (C=N–C) groups is 1. The number of fused-ring (bicyclic) bond motifs is 7. The van der Waals surface area contributed by atoms with Crippen LogP contribution in [-0.4, -0.2) is 60.8 Å². The Kier molecular flexibility index (Phi) is 4.87. The molecule has 0 amide bonds. The molecule has 5 rings (SSSR count). The van der Waals surface area contributed by atoms with E-state index in [1.807, 2.05) is 6.08 Å². The lowest BCUT2D eigenvalue weighted by Crippen LogP contribution is -2.63. The number of ketones is 2. The molecule has 0 aromatic rings. The summed E-state index contributed by atoms with van der Waals surface area (Å²) >= 11 is 0. The maximum absolute atomic E-state index is 13.8. The number of nitrogens with zero attached hydrogens (tertiary/aromatic N) is 1. The van der Waals surface area contributed by atoms with Gasteiger partial charge in [-0.05, 0) is 49.7 Å². The van der Waals surface area contributed by atoms with E-state index < -0.39 is 29.5 Å². The number of carbonyl (C=O) groups is 2. The Hall–Kier alpha value is -1.83. The highest BCUT2D eigenvalue weighted by atomic mass is 16.7. The minimum atomic E-state index is -1.14. The van der Waals surface area contributed by atoms with E-state index in [1.165, 1.54) is 14.2 Å². The first-order valence-corrected chi connectivity index (χ1v) is 11.6. The first-order chi connectivity index (χ1) is 15.1. The molecule has 0 bridgehead atoms. The van der Waals surface area contributed by atoms with Gasteiger partial charge in [0.2, 0.25) is 12.1 Å². The van der Waals surface area contributed by atoms with Crippen molar-refractivity contribution in [2.45, 2.75) is 70.5 Å². The fourth-order valence-corrected chi connectivity index (χ4v) is 8.11. The van der Waals surface area contributed by atoms with Gasteiger partial charge in [-0.3, -0.25) is 9.59 Å². The largest absolute Gasteiger partial charge is 0.475 e. The highest BCUT2D eigenvalue weighted by Gasteiger charge is 2.75. The number of hydrogen-bond donors (Lipinski definition) is 1. The lowest BCUT2D eigenvalue weighted by atomic mass is 9.46. The molecule has 8 atom stereocenters. The minimum absolute atomic E-state index is 0.0124. The summed E-state index contributed by atoms with van der Waals surface area (Å²) in [6.45, 7) is 6.02. The first kappa shape index (κ1) is 22.0. The van der Waals surface area contributed by atoms with Crippen molar-refractivity contribution in [1.82, 2.24) is 0 Å². The Morgan fingerprint density at radius 1 is 1.31 bits per heavy atom. The van der Waals surface area contributed by atoms with Crippen LogP contribution in [0.4, 0.5) is 0 Å². The van der Waals surface area contributed by atoms with Crippen molar-refractivity contribution in [3.05, 3.63) is 23.8 Å². The summed E-state index contributed by atoms with van der Waals surface area (Å²) in [7, 11) is 2.91. The maximum Gasteiger partial charge on any atom is 0.220 e. The van der Waals surface area contributed by atoms with Crippen LogP contribution in [-0.2, 0) is 23.8 Å². The van der Waals surface area contributed by atoms with Crippen LogP contribution in [0.15, 0.2) is 28.8 Å². The molecule has 1 aliphatic heterocycles. The van der Waals surface area contributed by atoms with Crippen molar-refractivity contribution in [2.75, 3.05) is 14.2 Å². The van der Waals surface area contributed by atoms with E-state index >= 15 is 0 Å². The number of methoxy groups -OCH3 is 2. The Labute approximate surface area is 188 Å². The van der Waals surface area contributed by atoms with Crippen molar-refractivity contribution < 1.29 is 28.9 Å². The molecule has 0 spiro atoms. The van der Waals surface area contributed by atoms with Crippen molar-refractivity contribution in [2.24, 2.45) is 33.6 Å². The molecule has 1 N–H and O–H groups in total. The Morgan fingerprint density at radius 3 is 2.72 bits per heavy atom. The first-order valence-electron chi connectivity index (χ1n) is 11.6. The molecule has 3 saturated carbocycles. The topological polar surface area (TPSA) is 94.4 Å². The number of aliphatic hydroxyl groups excluding tert-OH is 1. The minimum Gasteiger partial charge on any atom is -0.475 e. The molecule has 0 aromatic heterocycles. The zero-order valence-corrected chi connectivity index (χ0v) is 19.5. The third-order valence-electron chi connectivity index (χ3n) is 9.36. The second kappa shape index (κ2) is 7.08. The number of aliphatic hydroxyl groups is 1. The van der Waals surface area contributed by atoms with Crippen LogP contribution < -0.4 is 0 Å². The summed E-state index contributed by atoms with van der Waals surface area (Å²) in [6, 6.07) is 0. The summed E-state index contributed by atoms with van der Waals surface area (Å²) < 4.78 is 16.9. The summed E-state index contributed by atoms with van der Waals surface area (Å²) in [4.78, 5) is 30.7. The lowest BCUT2D eigenvalue weighted by molar-refractivity contribution is -0.174. The standard InChI is InChI=1S/C25H33NO6/c1-13-26-25(21(29)22(30-4)31-5)19(32-13)11-17-16-7-6-14-10-15(27)8-9-23(14,2)20(16)18(28)12-24(17,25)3/h8-10,16-20,22,28H,6-7,11-12H2,1-5H3/t16-,17-,18-,19+,20+,23-,24-,25-/m0/s1. The lowest BCUT2D eigenvalue weighted by Gasteiger charge is -2.59. The molecule has 7 nitrogen and oxygen atoms in total. The van der Waals surface area contributed by atoms with Crippen molar-refractivity contribution in [3.63, 3.8) is 0 Å². The van der Waals surface area contributed by atoms with Gasteiger partial charge < -0.3 is 19.3 Å². The molecular weight excluding hydrogens is 410 g/mol. The molecule has 32 heavy (non-hydrogen) atoms. The van der Waals surface area contributed by atoms with E-state index in [2.05, 4.69) is 13.8 Å². The number of rotatable bonds is 4. The second-order valence-electron chi connectivity index (χ2n) is 10.6. The number of allylic oxidation sites excluding steroid dienone is 4. The SMILES string of the molecule is COC(OC)C(=O)[C@@]12N=C(C)O[C@@H]1C[C@H]1[C@@H]3CCC4=CC(=O)C=C[C@]4(C)[C@H]3[C@@H](O)C[C@@]12C. The van der Waals surface area contributed by atoms with Gasteiger partial charge in [0.1, 0.15) is 6.10 Å². The third kappa shape index (κ3) is 2.56. The Balaban J connectivity index is 1.60. The van der Waals surface area contributed by atoms with Gasteiger partial charge in [0.25, 0.3) is 0 Å². The van der Waals surface area contributed by atoms with E-state index in [4.69, 9.17) is 19.2 Å². The van der Waals surface area contributed by atoms with Gasteiger partial charge in [-0.1, -0.05) is 25.5 Å². The van der Waals surface area contributed by atoms with Gasteiger partial charge >= 0.3 is 0 Å². The summed E-state index contributed by atoms with van der Waals surface area (Å²) in [6.07, 6.45) is 6.17. The predicted octanol–water partition coefficient (Wildman–Crippen LogP) is 2.62. The smallest absolute Gasteiger partial charge is 0.220 e. The van der Waals surface area contributed by atoms with Crippen LogP contribution in [0.3, 0.4) is 0 Å². The molecule has 7 heteroatoms. The van der Waals surface area contributed by atoms with E-state index in [1.54, 1.807) is 19.1 Å². The second-order valence-corrected chi connectivity index (χ2v) is 10.6. The number of ether oxygens (including phenoxy) is 3. The van der Waals surface area contributed by atoms with Crippen LogP contribution in [0.2, 0.25) is 0 Å². The van der Waals surface area contributed by atoms with Gasteiger partial charge in [0.05, 0.1) is 6.10 Å². The Morgan fingerprint density at radius 2 is 2.03 bits per heavy atom. The average Bonchev–Trinajstić information content (AvgIpc) is 3.19. The molecule has 4 aliphatic carbocycles. The number of hydrogen-bond acceptors (Lipinski definition) is 7. The molecule has 174 valence electrons. The Bertz CT molecular complexity index is 950. The van der Waals surface area contributed by atoms with E-state index in [0.717, 1.165) is 18.4 Å². The highest BCUT2D eigenvalue weighted by Crippen LogP contribution is 2.69. The molecule has 3 fully saturated rings. The molecule has 0 aromatic carbocycles. The van der Waals surface area contributed by atoms with Crippen molar-refractivity contribution in [3.8, 4) is 0 Å². The van der Waals surface area contributed by atoms with Gasteiger partial charge in [0.15, 0.2) is 17.2 Å². The van der Waals surface area contributed by atoms with E-state index in [-0.39, 0.29) is 34.7 Å². The van der Waals surface area contributed by atoms with Crippen LogP contribution in [0.1, 0.15) is 46.5 Å². The summed E-state index contributed by atoms with van der Waals surface area (Å²) in [5, 5.41) is 11.6. The zero-order valence-electron chi connectivity index (χ0n) is 19.5. The quantitative estimate of drug-likeness (QED) is 0.672. The monoisotopic (exact) mass is 443 g/mol. The highest BCUT2D eigenvalue weighted by molar-refractivity contribution is 6.01. The van der Waals surface area contributed by atoms with Gasteiger partial charge in [-0.15, -0.1) is 0 Å². The van der Waals surface area contributed by atoms with Crippen molar-refractivity contribution >= 4 is 17.5 Å². The molecular formula is C25H33NO6. The molecule has 1 heterocycles. The molecule has 0 unspecified atom stereocenters. The van der Waals surface area contributed by atoms with Crippen LogP contribution in [0, 0.1) is 28.6 Å². The van der Waals surface area contributed by atoms with Crippen LogP contribution in [0.5, 0.6) is 0 Å². The van der Waals surface area contributed by atoms with E-state index in [0.29, 0.717) is 18.7 Å². The van der Waals surface area contributed by atoms with Crippen molar-refractivity contribution in [1.29, 1.82) is 0 Å². The normalized spacial score (nSPS) is 46.6. The average molecular weight is 444 g/mol. The molecule has 5 aliphatic rings. The fraction of sp³-hybridized carbons (Fsp3) is 0.720. The van der Waals surface area contributed by atoms with Crippen LogP contribution in [0.25, 0.3) is 0 Å². The van der Waals surface area contributed by atoms with Crippen LogP contribution >= 0.6 is 0 Å². The number of Topliss-reactive ketones (excluding diaryl/α,β-unsaturated/α-hetero) is 1. The number of carbonyl (C=O) groups excluding carboxylic acids is 2. The third-order valence-corrected chi connectivity index (χ3v) is 9.36. The zero-order chi connectivity index (χ0) is 23.1. The van der Waals surface area contributed by atoms with E-state index in [9.17, 15) is 14.7 Å². The van der Waals surface area contributed by atoms with Gasteiger partial charge in [-0.2, -0.15) is 0 Å². The predicted molar refractivity (Wildman–Crippen MR) is 117 cm³/mol. The summed E-state index contributed by atoms with van der Waals surface area (Å²) in [5.41, 5.74) is -0.969. The molecule has 0 saturated heterocycles. The maximum atomic E-state index is 13.8.